The van der Waals surface area contributed by atoms with Gasteiger partial charge in [0.05, 0.1) is 23.5 Å². The molecule has 2 amide bonds. The molecule has 44 heavy (non-hydrogen) atoms. The minimum atomic E-state index is -2.72. The van der Waals surface area contributed by atoms with Crippen LogP contribution in [0.2, 0.25) is 0 Å². The summed E-state index contributed by atoms with van der Waals surface area (Å²) in [4.78, 5) is 34.0. The zero-order valence-corrected chi connectivity index (χ0v) is 24.0. The molecular weight excluding hydrogens is 568 g/mol. The van der Waals surface area contributed by atoms with E-state index in [0.717, 1.165) is 35.1 Å². The number of aromatic nitrogens is 3. The molecule has 2 heterocycles. The van der Waals surface area contributed by atoms with Crippen molar-refractivity contribution in [2.45, 2.75) is 62.4 Å². The number of rotatable bonds is 8. The number of nitrogens with one attached hydrogen (secondary N) is 2. The average Bonchev–Trinajstić information content (AvgIpc) is 3.68. The van der Waals surface area contributed by atoms with Crippen LogP contribution in [0, 0.1) is 11.8 Å². The van der Waals surface area contributed by atoms with Crippen molar-refractivity contribution in [3.63, 3.8) is 0 Å². The SMILES string of the molecule is O=C(O)N[C@H](c1cn2ccc([C@H](NC(=O)OCC3c4ccccc4-c4ccccc43)C3CC3)nc2n1)C1CCC(F)(F)CC1. The molecule has 0 spiro atoms. The fraction of sp³-hybridized carbons (Fsp3) is 0.394. The standard InChI is InChI=1S/C33H33F2N5O4/c34-33(35)14-11-20(12-15-33)29(38-31(41)42)27-17-40-16-13-26(36-30(40)37-27)28(19-9-10-19)39-32(43)44-18-25-23-7-3-1-5-21(23)22-6-2-4-8-24(22)25/h1-8,13,16-17,19-20,25,28-29,38H,9-12,14-15,18H2,(H,39,43)(H,41,42)/t28-,29+/m1/s1. The molecule has 2 aromatic heterocycles. The van der Waals surface area contributed by atoms with E-state index >= 15 is 0 Å². The first-order valence-corrected chi connectivity index (χ1v) is 15.1. The van der Waals surface area contributed by atoms with E-state index in [-0.39, 0.29) is 56.1 Å². The Balaban J connectivity index is 1.07. The van der Waals surface area contributed by atoms with Crippen LogP contribution in [0.3, 0.4) is 0 Å². The molecule has 0 bridgehead atoms. The number of carbonyl (C=O) groups is 2. The number of hydrogen-bond acceptors (Lipinski definition) is 5. The van der Waals surface area contributed by atoms with Crippen LogP contribution in [0.25, 0.3) is 16.9 Å². The third-order valence-corrected chi connectivity index (χ3v) is 9.23. The fourth-order valence-corrected chi connectivity index (χ4v) is 6.82. The minimum Gasteiger partial charge on any atom is -0.465 e. The molecule has 3 aliphatic rings. The number of carbonyl (C=O) groups excluding carboxylic acids is 1. The molecule has 11 heteroatoms. The van der Waals surface area contributed by atoms with Crippen molar-refractivity contribution < 1.29 is 28.2 Å². The molecule has 0 unspecified atom stereocenters. The minimum absolute atomic E-state index is 0.0481. The van der Waals surface area contributed by atoms with Crippen molar-refractivity contribution in [3.05, 3.63) is 89.5 Å². The summed E-state index contributed by atoms with van der Waals surface area (Å²) < 4.78 is 35.1. The Kier molecular flexibility index (Phi) is 7.18. The lowest BCUT2D eigenvalue weighted by Crippen LogP contribution is -2.36. The van der Waals surface area contributed by atoms with Gasteiger partial charge >= 0.3 is 12.2 Å². The number of nitrogens with zero attached hydrogens (tertiary/aromatic N) is 3. The Morgan fingerprint density at radius 1 is 0.886 bits per heavy atom. The van der Waals surface area contributed by atoms with Gasteiger partial charge in [-0.15, -0.1) is 0 Å². The van der Waals surface area contributed by atoms with Gasteiger partial charge in [0.15, 0.2) is 0 Å². The van der Waals surface area contributed by atoms with E-state index < -0.39 is 24.2 Å². The predicted octanol–water partition coefficient (Wildman–Crippen LogP) is 6.85. The second-order valence-corrected chi connectivity index (χ2v) is 12.1. The van der Waals surface area contributed by atoms with Crippen molar-refractivity contribution in [2.75, 3.05) is 6.61 Å². The van der Waals surface area contributed by atoms with Crippen LogP contribution >= 0.6 is 0 Å². The monoisotopic (exact) mass is 601 g/mol. The van der Waals surface area contributed by atoms with E-state index in [1.165, 1.54) is 0 Å². The van der Waals surface area contributed by atoms with Gasteiger partial charge in [0.25, 0.3) is 0 Å². The molecular formula is C33H33F2N5O4. The number of alkyl carbamates (subject to hydrolysis) is 1. The van der Waals surface area contributed by atoms with Crippen LogP contribution < -0.4 is 10.6 Å². The summed E-state index contributed by atoms with van der Waals surface area (Å²) in [5.41, 5.74) is 5.66. The summed E-state index contributed by atoms with van der Waals surface area (Å²) in [5.74, 6) is -2.52. The van der Waals surface area contributed by atoms with Gasteiger partial charge < -0.3 is 20.5 Å². The van der Waals surface area contributed by atoms with E-state index in [2.05, 4.69) is 39.9 Å². The summed E-state index contributed by atoms with van der Waals surface area (Å²) in [7, 11) is 0. The maximum absolute atomic E-state index is 13.8. The Morgan fingerprint density at radius 2 is 1.48 bits per heavy atom. The first kappa shape index (κ1) is 28.2. The molecule has 2 saturated carbocycles. The number of halogens is 2. The molecule has 4 aromatic rings. The molecule has 3 aliphatic carbocycles. The Labute approximate surface area is 252 Å². The zero-order valence-electron chi connectivity index (χ0n) is 24.0. The Hall–Kier alpha value is -4.54. The number of carboxylic acid groups (broad SMARTS) is 1. The number of alkyl halides is 2. The van der Waals surface area contributed by atoms with E-state index in [9.17, 15) is 23.5 Å². The normalized spacial score (nSPS) is 19.1. The lowest BCUT2D eigenvalue weighted by Gasteiger charge is -2.32. The van der Waals surface area contributed by atoms with Gasteiger partial charge in [0.2, 0.25) is 11.7 Å². The largest absolute Gasteiger partial charge is 0.465 e. The number of ether oxygens (including phenoxy) is 1. The molecule has 3 N–H and O–H groups in total. The van der Waals surface area contributed by atoms with Gasteiger partial charge in [-0.1, -0.05) is 48.5 Å². The molecule has 228 valence electrons. The number of benzene rings is 2. The second kappa shape index (κ2) is 11.2. The highest BCUT2D eigenvalue weighted by molar-refractivity contribution is 5.79. The number of fused-ring (bicyclic) bond motifs is 4. The van der Waals surface area contributed by atoms with Crippen LogP contribution in [-0.2, 0) is 4.74 Å². The maximum Gasteiger partial charge on any atom is 0.407 e. The smallest absolute Gasteiger partial charge is 0.407 e. The molecule has 2 fully saturated rings. The third kappa shape index (κ3) is 5.58. The van der Waals surface area contributed by atoms with Crippen molar-refractivity contribution >= 4 is 18.0 Å². The van der Waals surface area contributed by atoms with E-state index in [1.807, 2.05) is 30.3 Å². The van der Waals surface area contributed by atoms with Gasteiger partial charge in [0, 0.05) is 31.2 Å². The highest BCUT2D eigenvalue weighted by Crippen LogP contribution is 2.45. The van der Waals surface area contributed by atoms with Crippen molar-refractivity contribution in [1.29, 1.82) is 0 Å². The van der Waals surface area contributed by atoms with E-state index in [1.54, 1.807) is 16.8 Å². The van der Waals surface area contributed by atoms with Gasteiger partial charge in [-0.05, 0) is 65.8 Å². The van der Waals surface area contributed by atoms with E-state index in [0.29, 0.717) is 17.2 Å². The van der Waals surface area contributed by atoms with Gasteiger partial charge in [0.1, 0.15) is 6.61 Å². The average molecular weight is 602 g/mol. The lowest BCUT2D eigenvalue weighted by molar-refractivity contribution is -0.0495. The van der Waals surface area contributed by atoms with Crippen LogP contribution in [0.1, 0.15) is 79.0 Å². The number of imidazole rings is 1. The molecule has 9 nitrogen and oxygen atoms in total. The van der Waals surface area contributed by atoms with Crippen LogP contribution in [0.4, 0.5) is 18.4 Å². The number of hydrogen-bond donors (Lipinski definition) is 3. The molecule has 0 radical (unpaired) electrons. The summed E-state index contributed by atoms with van der Waals surface area (Å²) in [6.07, 6.45) is 3.41. The highest BCUT2D eigenvalue weighted by atomic mass is 19.3. The molecule has 0 aliphatic heterocycles. The van der Waals surface area contributed by atoms with Crippen molar-refractivity contribution in [2.24, 2.45) is 11.8 Å². The molecule has 2 aromatic carbocycles. The summed E-state index contributed by atoms with van der Waals surface area (Å²) >= 11 is 0. The molecule has 7 rings (SSSR count). The second-order valence-electron chi connectivity index (χ2n) is 12.1. The van der Waals surface area contributed by atoms with Crippen LogP contribution in [-0.4, -0.2) is 44.2 Å². The topological polar surface area (TPSA) is 118 Å². The summed E-state index contributed by atoms with van der Waals surface area (Å²) in [5, 5.41) is 15.0. The Morgan fingerprint density at radius 3 is 2.11 bits per heavy atom. The Bertz CT molecular complexity index is 1670. The van der Waals surface area contributed by atoms with Crippen molar-refractivity contribution in [1.82, 2.24) is 25.0 Å². The van der Waals surface area contributed by atoms with Gasteiger partial charge in [-0.25, -0.2) is 28.3 Å². The van der Waals surface area contributed by atoms with E-state index in [4.69, 9.17) is 9.72 Å². The zero-order chi connectivity index (χ0) is 30.4. The quantitative estimate of drug-likeness (QED) is 0.203. The van der Waals surface area contributed by atoms with Crippen LogP contribution in [0.5, 0.6) is 0 Å². The highest BCUT2D eigenvalue weighted by Gasteiger charge is 2.40. The molecule has 0 saturated heterocycles. The predicted molar refractivity (Wildman–Crippen MR) is 157 cm³/mol. The van der Waals surface area contributed by atoms with Crippen LogP contribution in [0.15, 0.2) is 67.0 Å². The van der Waals surface area contributed by atoms with Gasteiger partial charge in [-0.2, -0.15) is 0 Å². The molecule has 2 atom stereocenters. The number of amides is 2. The first-order chi connectivity index (χ1) is 21.3. The third-order valence-electron chi connectivity index (χ3n) is 9.23. The lowest BCUT2D eigenvalue weighted by atomic mass is 9.81. The summed E-state index contributed by atoms with van der Waals surface area (Å²) in [6, 6.07) is 17.1. The summed E-state index contributed by atoms with van der Waals surface area (Å²) in [6.45, 7) is 0.207. The van der Waals surface area contributed by atoms with Gasteiger partial charge in [-0.3, -0.25) is 4.40 Å². The van der Waals surface area contributed by atoms with Crippen molar-refractivity contribution in [3.8, 4) is 11.1 Å². The maximum atomic E-state index is 13.8. The fourth-order valence-electron chi connectivity index (χ4n) is 6.82. The first-order valence-electron chi connectivity index (χ1n) is 15.1.